The quantitative estimate of drug-likeness (QED) is 0.887. The number of benzene rings is 1. The summed E-state index contributed by atoms with van der Waals surface area (Å²) in [6.07, 6.45) is 6.91. The summed E-state index contributed by atoms with van der Waals surface area (Å²) in [5, 5.41) is 4.23. The van der Waals surface area contributed by atoms with Crippen molar-refractivity contribution in [3.05, 3.63) is 30.5 Å². The molecule has 0 radical (unpaired) electrons. The molecule has 1 aromatic carbocycles. The minimum Gasteiger partial charge on any atom is -0.346 e. The lowest BCUT2D eigenvalue weighted by Crippen LogP contribution is -2.52. The second kappa shape index (κ2) is 6.95. The van der Waals surface area contributed by atoms with E-state index in [0.29, 0.717) is 0 Å². The fourth-order valence-electron chi connectivity index (χ4n) is 3.43. The Morgan fingerprint density at radius 3 is 2.71 bits per heavy atom. The Hall–Kier alpha value is -1.85. The van der Waals surface area contributed by atoms with Crippen LogP contribution in [0.25, 0.3) is 10.9 Å². The minimum atomic E-state index is -0.708. The van der Waals surface area contributed by atoms with Crippen LogP contribution in [0.2, 0.25) is 0 Å². The van der Waals surface area contributed by atoms with Gasteiger partial charge < -0.3 is 20.5 Å². The van der Waals surface area contributed by atoms with Gasteiger partial charge in [-0.05, 0) is 50.5 Å². The van der Waals surface area contributed by atoms with E-state index in [2.05, 4.69) is 53.3 Å². The van der Waals surface area contributed by atoms with Crippen LogP contribution in [0.1, 0.15) is 32.1 Å². The first-order chi connectivity index (χ1) is 11.5. The van der Waals surface area contributed by atoms with E-state index in [1.54, 1.807) is 0 Å². The molecule has 1 aromatic heterocycles. The highest BCUT2D eigenvalue weighted by Crippen LogP contribution is 2.28. The molecule has 3 N–H and O–H groups in total. The van der Waals surface area contributed by atoms with Crippen LogP contribution in [0.4, 0.5) is 5.69 Å². The van der Waals surface area contributed by atoms with E-state index in [1.165, 1.54) is 11.8 Å². The Morgan fingerprint density at radius 2 is 2.00 bits per heavy atom. The van der Waals surface area contributed by atoms with E-state index in [4.69, 9.17) is 5.73 Å². The molecule has 1 saturated carbocycles. The van der Waals surface area contributed by atoms with Gasteiger partial charge in [0.2, 0.25) is 5.91 Å². The number of nitrogens with one attached hydrogen (secondary N) is 1. The molecule has 0 atom stereocenters. The lowest BCUT2D eigenvalue weighted by atomic mass is 9.82. The second-order valence-electron chi connectivity index (χ2n) is 7.26. The largest absolute Gasteiger partial charge is 0.346 e. The molecule has 3 rings (SSSR count). The summed E-state index contributed by atoms with van der Waals surface area (Å²) in [6, 6.07) is 8.18. The molecule has 5 nitrogen and oxygen atoms in total. The van der Waals surface area contributed by atoms with E-state index in [9.17, 15) is 4.79 Å². The van der Waals surface area contributed by atoms with Crippen LogP contribution >= 0.6 is 0 Å². The van der Waals surface area contributed by atoms with Crippen molar-refractivity contribution < 1.29 is 4.79 Å². The van der Waals surface area contributed by atoms with Crippen molar-refractivity contribution in [2.24, 2.45) is 5.73 Å². The molecule has 0 saturated heterocycles. The molecule has 1 aliphatic carbocycles. The number of nitrogens with zero attached hydrogens (tertiary/aromatic N) is 2. The van der Waals surface area contributed by atoms with Gasteiger partial charge in [-0.2, -0.15) is 0 Å². The van der Waals surface area contributed by atoms with Crippen LogP contribution in [0, 0.1) is 0 Å². The number of carbonyl (C=O) groups is 1. The topological polar surface area (TPSA) is 63.3 Å². The van der Waals surface area contributed by atoms with E-state index < -0.39 is 5.54 Å². The van der Waals surface area contributed by atoms with Gasteiger partial charge in [0.1, 0.15) is 0 Å². The Bertz CT molecular complexity index is 713. The molecular formula is C19H28N4O. The summed E-state index contributed by atoms with van der Waals surface area (Å²) in [5.41, 5.74) is 7.59. The predicted molar refractivity (Wildman–Crippen MR) is 99.1 cm³/mol. The van der Waals surface area contributed by atoms with Gasteiger partial charge in [-0.25, -0.2) is 0 Å². The average molecular weight is 328 g/mol. The zero-order valence-electron chi connectivity index (χ0n) is 14.7. The zero-order chi connectivity index (χ0) is 17.2. The van der Waals surface area contributed by atoms with Gasteiger partial charge in [-0.3, -0.25) is 4.79 Å². The highest BCUT2D eigenvalue weighted by Gasteiger charge is 2.35. The van der Waals surface area contributed by atoms with Crippen LogP contribution in [0.3, 0.4) is 0 Å². The SMILES string of the molecule is CN(C)CCn1ccc2ccc(NC(=O)C3(N)CCCCC3)cc21. The second-order valence-corrected chi connectivity index (χ2v) is 7.26. The number of aromatic nitrogens is 1. The van der Waals surface area contributed by atoms with Crippen molar-refractivity contribution in [1.29, 1.82) is 0 Å². The van der Waals surface area contributed by atoms with E-state index in [0.717, 1.165) is 50.0 Å². The van der Waals surface area contributed by atoms with Gasteiger partial charge in [0.25, 0.3) is 0 Å². The molecular weight excluding hydrogens is 300 g/mol. The third-order valence-corrected chi connectivity index (χ3v) is 5.02. The van der Waals surface area contributed by atoms with E-state index >= 15 is 0 Å². The van der Waals surface area contributed by atoms with Gasteiger partial charge in [-0.1, -0.05) is 25.3 Å². The van der Waals surface area contributed by atoms with Crippen LogP contribution in [-0.4, -0.2) is 41.6 Å². The Balaban J connectivity index is 1.77. The molecule has 1 amide bonds. The first-order valence-electron chi connectivity index (χ1n) is 8.82. The summed E-state index contributed by atoms with van der Waals surface area (Å²) in [4.78, 5) is 14.8. The third kappa shape index (κ3) is 3.62. The highest BCUT2D eigenvalue weighted by molar-refractivity contribution is 5.99. The van der Waals surface area contributed by atoms with Crippen molar-refractivity contribution in [3.63, 3.8) is 0 Å². The molecule has 24 heavy (non-hydrogen) atoms. The number of amides is 1. The first kappa shape index (κ1) is 17.0. The van der Waals surface area contributed by atoms with Gasteiger partial charge >= 0.3 is 0 Å². The minimum absolute atomic E-state index is 0.0482. The summed E-state index contributed by atoms with van der Waals surface area (Å²) in [6.45, 7) is 1.90. The highest BCUT2D eigenvalue weighted by atomic mass is 16.2. The van der Waals surface area contributed by atoms with Crippen molar-refractivity contribution in [2.45, 2.75) is 44.2 Å². The maximum Gasteiger partial charge on any atom is 0.244 e. The zero-order valence-corrected chi connectivity index (χ0v) is 14.7. The Morgan fingerprint density at radius 1 is 1.25 bits per heavy atom. The average Bonchev–Trinajstić information content (AvgIpc) is 2.96. The number of hydrogen-bond acceptors (Lipinski definition) is 3. The van der Waals surface area contributed by atoms with Crippen LogP contribution in [-0.2, 0) is 11.3 Å². The monoisotopic (exact) mass is 328 g/mol. The molecule has 1 heterocycles. The number of likely N-dealkylation sites (N-methyl/N-ethyl adjacent to an activating group) is 1. The molecule has 0 aliphatic heterocycles. The van der Waals surface area contributed by atoms with Crippen molar-refractivity contribution in [1.82, 2.24) is 9.47 Å². The summed E-state index contributed by atoms with van der Waals surface area (Å²) in [5.74, 6) is -0.0482. The number of hydrogen-bond donors (Lipinski definition) is 2. The first-order valence-corrected chi connectivity index (χ1v) is 8.82. The number of carbonyl (C=O) groups excluding carboxylic acids is 1. The van der Waals surface area contributed by atoms with Crippen LogP contribution in [0.15, 0.2) is 30.5 Å². The number of rotatable bonds is 5. The van der Waals surface area contributed by atoms with Gasteiger partial charge in [0.05, 0.1) is 11.1 Å². The summed E-state index contributed by atoms with van der Waals surface area (Å²) < 4.78 is 2.23. The molecule has 1 fully saturated rings. The maximum atomic E-state index is 12.6. The van der Waals surface area contributed by atoms with Crippen LogP contribution in [0.5, 0.6) is 0 Å². The Labute approximate surface area is 143 Å². The standard InChI is InChI=1S/C19H28N4O/c1-22(2)12-13-23-11-8-15-6-7-16(14-17(15)23)21-18(24)19(20)9-4-3-5-10-19/h6-8,11,14H,3-5,9-10,12-13,20H2,1-2H3,(H,21,24). The van der Waals surface area contributed by atoms with Gasteiger partial charge in [-0.15, -0.1) is 0 Å². The smallest absolute Gasteiger partial charge is 0.244 e. The summed E-state index contributed by atoms with van der Waals surface area (Å²) >= 11 is 0. The number of nitrogens with two attached hydrogens (primary N) is 1. The molecule has 5 heteroatoms. The van der Waals surface area contributed by atoms with Gasteiger partial charge in [0.15, 0.2) is 0 Å². The van der Waals surface area contributed by atoms with E-state index in [1.807, 2.05) is 6.07 Å². The number of fused-ring (bicyclic) bond motifs is 1. The molecule has 0 spiro atoms. The van der Waals surface area contributed by atoms with Crippen molar-refractivity contribution in [3.8, 4) is 0 Å². The maximum absolute atomic E-state index is 12.6. The molecule has 130 valence electrons. The fraction of sp³-hybridized carbons (Fsp3) is 0.526. The Kier molecular flexibility index (Phi) is 4.92. The van der Waals surface area contributed by atoms with Crippen molar-refractivity contribution in [2.75, 3.05) is 26.0 Å². The molecule has 0 unspecified atom stereocenters. The number of anilines is 1. The molecule has 2 aromatic rings. The summed E-state index contributed by atoms with van der Waals surface area (Å²) in [7, 11) is 4.14. The van der Waals surface area contributed by atoms with Gasteiger partial charge in [0, 0.05) is 25.0 Å². The normalized spacial score (nSPS) is 17.3. The van der Waals surface area contributed by atoms with Crippen molar-refractivity contribution >= 4 is 22.5 Å². The van der Waals surface area contributed by atoms with E-state index in [-0.39, 0.29) is 5.91 Å². The lowest BCUT2D eigenvalue weighted by Gasteiger charge is -2.31. The lowest BCUT2D eigenvalue weighted by molar-refractivity contribution is -0.122. The fourth-order valence-corrected chi connectivity index (χ4v) is 3.43. The molecule has 0 bridgehead atoms. The third-order valence-electron chi connectivity index (χ3n) is 5.02. The van der Waals surface area contributed by atoms with Crippen LogP contribution < -0.4 is 11.1 Å². The molecule has 1 aliphatic rings. The predicted octanol–water partition coefficient (Wildman–Crippen LogP) is 2.80.